The summed E-state index contributed by atoms with van der Waals surface area (Å²) >= 11 is 6.16. The summed E-state index contributed by atoms with van der Waals surface area (Å²) in [5, 5.41) is 19.8. The van der Waals surface area contributed by atoms with Crippen LogP contribution in [-0.2, 0) is 11.2 Å². The van der Waals surface area contributed by atoms with Crippen molar-refractivity contribution in [2.45, 2.75) is 26.2 Å². The Kier molecular flexibility index (Phi) is 5.16. The van der Waals surface area contributed by atoms with Crippen LogP contribution in [0.25, 0.3) is 0 Å². The standard InChI is InChI=1S/C18H19ClO4/c1-10-4-5-11(2)13(8-10)14(18(21)22)9-12-6-7-15(23-3)17(20)16(12)19/h4-8,14,20H,9H2,1-3H3,(H,21,22). The zero-order valence-corrected chi connectivity index (χ0v) is 14.0. The normalized spacial score (nSPS) is 12.0. The molecule has 0 amide bonds. The number of halogens is 1. The fourth-order valence-corrected chi connectivity index (χ4v) is 2.83. The van der Waals surface area contributed by atoms with E-state index in [1.165, 1.54) is 7.11 Å². The van der Waals surface area contributed by atoms with Crippen molar-refractivity contribution in [1.82, 2.24) is 0 Å². The van der Waals surface area contributed by atoms with Gasteiger partial charge >= 0.3 is 5.97 Å². The number of aromatic hydroxyl groups is 1. The number of benzene rings is 2. The number of carboxylic acid groups (broad SMARTS) is 1. The van der Waals surface area contributed by atoms with Gasteiger partial charge in [-0.2, -0.15) is 0 Å². The molecule has 0 aliphatic carbocycles. The highest BCUT2D eigenvalue weighted by Crippen LogP contribution is 2.38. The third-order valence-corrected chi connectivity index (χ3v) is 4.33. The molecule has 0 saturated carbocycles. The molecule has 1 atom stereocenters. The van der Waals surface area contributed by atoms with E-state index < -0.39 is 11.9 Å². The highest BCUT2D eigenvalue weighted by atomic mass is 35.5. The van der Waals surface area contributed by atoms with Crippen molar-refractivity contribution in [3.63, 3.8) is 0 Å². The summed E-state index contributed by atoms with van der Waals surface area (Å²) in [6.07, 6.45) is 0.190. The Balaban J connectivity index is 2.44. The molecule has 2 aromatic carbocycles. The van der Waals surface area contributed by atoms with E-state index in [0.29, 0.717) is 5.56 Å². The Morgan fingerprint density at radius 2 is 1.96 bits per heavy atom. The smallest absolute Gasteiger partial charge is 0.311 e. The predicted molar refractivity (Wildman–Crippen MR) is 89.7 cm³/mol. The second-order valence-corrected chi connectivity index (χ2v) is 5.92. The van der Waals surface area contributed by atoms with E-state index in [2.05, 4.69) is 0 Å². The number of ether oxygens (including phenoxy) is 1. The van der Waals surface area contributed by atoms with Crippen LogP contribution in [0.3, 0.4) is 0 Å². The molecule has 0 bridgehead atoms. The molecule has 5 heteroatoms. The molecule has 23 heavy (non-hydrogen) atoms. The van der Waals surface area contributed by atoms with E-state index >= 15 is 0 Å². The summed E-state index contributed by atoms with van der Waals surface area (Å²) in [6.45, 7) is 3.81. The van der Waals surface area contributed by atoms with Gasteiger partial charge in [-0.1, -0.05) is 41.4 Å². The number of carboxylic acids is 1. The van der Waals surface area contributed by atoms with Crippen LogP contribution in [0.5, 0.6) is 11.5 Å². The summed E-state index contributed by atoms with van der Waals surface area (Å²) in [5.74, 6) is -1.57. The number of aryl methyl sites for hydroxylation is 2. The quantitative estimate of drug-likeness (QED) is 0.864. The second kappa shape index (κ2) is 6.92. The van der Waals surface area contributed by atoms with Crippen LogP contribution in [0.2, 0.25) is 5.02 Å². The van der Waals surface area contributed by atoms with Gasteiger partial charge in [0.15, 0.2) is 11.5 Å². The van der Waals surface area contributed by atoms with Crippen LogP contribution >= 0.6 is 11.6 Å². The summed E-state index contributed by atoms with van der Waals surface area (Å²) in [5.41, 5.74) is 3.24. The number of phenols is 1. The van der Waals surface area contributed by atoms with Crippen molar-refractivity contribution in [3.8, 4) is 11.5 Å². The zero-order chi connectivity index (χ0) is 17.1. The Morgan fingerprint density at radius 3 is 2.57 bits per heavy atom. The third-order valence-electron chi connectivity index (χ3n) is 3.91. The first-order valence-corrected chi connectivity index (χ1v) is 7.57. The second-order valence-electron chi connectivity index (χ2n) is 5.54. The van der Waals surface area contributed by atoms with Crippen molar-refractivity contribution in [3.05, 3.63) is 57.6 Å². The molecule has 0 heterocycles. The summed E-state index contributed by atoms with van der Waals surface area (Å²) in [7, 11) is 1.43. The Hall–Kier alpha value is -2.20. The minimum atomic E-state index is -0.926. The average Bonchev–Trinajstić information content (AvgIpc) is 2.51. The first kappa shape index (κ1) is 17.2. The number of phenolic OH excluding ortho intramolecular Hbond substituents is 1. The molecule has 0 aromatic heterocycles. The summed E-state index contributed by atoms with van der Waals surface area (Å²) < 4.78 is 5.00. The molecule has 0 aliphatic heterocycles. The van der Waals surface area contributed by atoms with Gasteiger partial charge in [0.1, 0.15) is 0 Å². The number of rotatable bonds is 5. The third kappa shape index (κ3) is 3.59. The Bertz CT molecular complexity index is 740. The molecule has 0 fully saturated rings. The van der Waals surface area contributed by atoms with E-state index in [1.807, 2.05) is 32.0 Å². The molecular formula is C18H19ClO4. The lowest BCUT2D eigenvalue weighted by atomic mass is 9.88. The van der Waals surface area contributed by atoms with Gasteiger partial charge in [0, 0.05) is 0 Å². The average molecular weight is 335 g/mol. The van der Waals surface area contributed by atoms with Gasteiger partial charge in [0.05, 0.1) is 18.1 Å². The van der Waals surface area contributed by atoms with Crippen LogP contribution in [0.4, 0.5) is 0 Å². The summed E-state index contributed by atoms with van der Waals surface area (Å²) in [6, 6.07) is 9.00. The number of hydrogen-bond acceptors (Lipinski definition) is 3. The number of hydrogen-bond donors (Lipinski definition) is 2. The molecule has 2 N–H and O–H groups in total. The van der Waals surface area contributed by atoms with Crippen LogP contribution in [-0.4, -0.2) is 23.3 Å². The van der Waals surface area contributed by atoms with Gasteiger partial charge in [-0.25, -0.2) is 0 Å². The molecular weight excluding hydrogens is 316 g/mol. The Morgan fingerprint density at radius 1 is 1.26 bits per heavy atom. The highest BCUT2D eigenvalue weighted by Gasteiger charge is 2.24. The lowest BCUT2D eigenvalue weighted by Gasteiger charge is -2.18. The molecule has 1 unspecified atom stereocenters. The van der Waals surface area contributed by atoms with Crippen molar-refractivity contribution >= 4 is 17.6 Å². The van der Waals surface area contributed by atoms with Crippen LogP contribution in [0.15, 0.2) is 30.3 Å². The maximum Gasteiger partial charge on any atom is 0.311 e. The van der Waals surface area contributed by atoms with Crippen molar-refractivity contribution < 1.29 is 19.7 Å². The number of methoxy groups -OCH3 is 1. The topological polar surface area (TPSA) is 66.8 Å². The van der Waals surface area contributed by atoms with E-state index in [0.717, 1.165) is 16.7 Å². The van der Waals surface area contributed by atoms with Crippen molar-refractivity contribution in [2.24, 2.45) is 0 Å². The Labute approximate surface area is 140 Å². The summed E-state index contributed by atoms with van der Waals surface area (Å²) in [4.78, 5) is 11.8. The lowest BCUT2D eigenvalue weighted by Crippen LogP contribution is -2.16. The van der Waals surface area contributed by atoms with Crippen LogP contribution in [0, 0.1) is 13.8 Å². The monoisotopic (exact) mass is 334 g/mol. The molecule has 0 spiro atoms. The molecule has 2 rings (SSSR count). The van der Waals surface area contributed by atoms with Gasteiger partial charge in [-0.15, -0.1) is 0 Å². The van der Waals surface area contributed by atoms with Crippen LogP contribution in [0.1, 0.15) is 28.2 Å². The zero-order valence-electron chi connectivity index (χ0n) is 13.3. The molecule has 0 aliphatic rings. The maximum atomic E-state index is 11.8. The first-order valence-electron chi connectivity index (χ1n) is 7.19. The molecule has 4 nitrogen and oxygen atoms in total. The minimum Gasteiger partial charge on any atom is -0.503 e. The van der Waals surface area contributed by atoms with Gasteiger partial charge in [0.2, 0.25) is 0 Å². The number of carbonyl (C=O) groups is 1. The molecule has 0 saturated heterocycles. The molecule has 0 radical (unpaired) electrons. The van der Waals surface area contributed by atoms with Gasteiger partial charge in [0.25, 0.3) is 0 Å². The largest absolute Gasteiger partial charge is 0.503 e. The first-order chi connectivity index (χ1) is 10.8. The SMILES string of the molecule is COc1ccc(CC(C(=O)O)c2cc(C)ccc2C)c(Cl)c1O. The predicted octanol–water partition coefficient (Wildman–Crippen LogP) is 4.08. The number of aliphatic carboxylic acids is 1. The van der Waals surface area contributed by atoms with Crippen LogP contribution < -0.4 is 4.74 Å². The van der Waals surface area contributed by atoms with E-state index in [1.54, 1.807) is 12.1 Å². The highest BCUT2D eigenvalue weighted by molar-refractivity contribution is 6.33. The van der Waals surface area contributed by atoms with E-state index in [4.69, 9.17) is 16.3 Å². The fourth-order valence-electron chi connectivity index (χ4n) is 2.60. The fraction of sp³-hybridized carbons (Fsp3) is 0.278. The van der Waals surface area contributed by atoms with E-state index in [9.17, 15) is 15.0 Å². The van der Waals surface area contributed by atoms with Gasteiger partial charge in [-0.05, 0) is 43.0 Å². The molecule has 122 valence electrons. The molecule has 2 aromatic rings. The maximum absolute atomic E-state index is 11.8. The van der Waals surface area contributed by atoms with Crippen molar-refractivity contribution in [2.75, 3.05) is 7.11 Å². The van der Waals surface area contributed by atoms with E-state index in [-0.39, 0.29) is 22.9 Å². The lowest BCUT2D eigenvalue weighted by molar-refractivity contribution is -0.138. The van der Waals surface area contributed by atoms with Gasteiger partial charge < -0.3 is 14.9 Å². The van der Waals surface area contributed by atoms with Crippen molar-refractivity contribution in [1.29, 1.82) is 0 Å². The van der Waals surface area contributed by atoms with Gasteiger partial charge in [-0.3, -0.25) is 4.79 Å². The minimum absolute atomic E-state index is 0.126.